The largest absolute Gasteiger partial charge is 0.472 e. The molecule has 0 aromatic heterocycles. The van der Waals surface area contributed by atoms with E-state index in [0.717, 1.165) is 114 Å². The summed E-state index contributed by atoms with van der Waals surface area (Å²) in [5.41, 5.74) is 0. The third kappa shape index (κ3) is 77.4. The highest BCUT2D eigenvalue weighted by molar-refractivity contribution is 7.47. The molecule has 0 saturated carbocycles. The van der Waals surface area contributed by atoms with E-state index in [1.165, 1.54) is 263 Å². The Morgan fingerprint density at radius 1 is 0.274 bits per heavy atom. The van der Waals surface area contributed by atoms with Crippen molar-refractivity contribution in [3.8, 4) is 0 Å². The minimum atomic E-state index is -4.97. The third-order valence-electron chi connectivity index (χ3n) is 21.1. The van der Waals surface area contributed by atoms with Crippen LogP contribution in [0.4, 0.5) is 0 Å². The zero-order valence-corrected chi connectivity index (χ0v) is 71.7. The van der Waals surface area contributed by atoms with E-state index in [0.29, 0.717) is 25.7 Å². The lowest BCUT2D eigenvalue weighted by molar-refractivity contribution is -0.161. The molecule has 19 heteroatoms. The van der Waals surface area contributed by atoms with E-state index in [1.54, 1.807) is 0 Å². The number of aliphatic hydroxyl groups excluding tert-OH is 1. The van der Waals surface area contributed by atoms with Gasteiger partial charge in [-0.1, -0.05) is 408 Å². The van der Waals surface area contributed by atoms with Crippen molar-refractivity contribution < 1.29 is 80.2 Å². The van der Waals surface area contributed by atoms with Gasteiger partial charge in [0.1, 0.15) is 19.3 Å². The van der Waals surface area contributed by atoms with Gasteiger partial charge in [0.05, 0.1) is 26.4 Å². The molecule has 0 heterocycles. The van der Waals surface area contributed by atoms with Crippen molar-refractivity contribution in [3.05, 3.63) is 0 Å². The van der Waals surface area contributed by atoms with E-state index >= 15 is 0 Å². The number of ether oxygens (including phenoxy) is 4. The van der Waals surface area contributed by atoms with E-state index in [2.05, 4.69) is 48.5 Å². The summed E-state index contributed by atoms with van der Waals surface area (Å²) in [5, 5.41) is 10.7. The molecule has 0 aliphatic rings. The maximum absolute atomic E-state index is 13.2. The van der Waals surface area contributed by atoms with Crippen LogP contribution in [0.15, 0.2) is 0 Å². The summed E-state index contributed by atoms with van der Waals surface area (Å²) >= 11 is 0. The van der Waals surface area contributed by atoms with E-state index in [9.17, 15) is 43.2 Å². The van der Waals surface area contributed by atoms with E-state index in [4.69, 9.17) is 37.0 Å². The Kier molecular flexibility index (Phi) is 75.6. The predicted molar refractivity (Wildman–Crippen MR) is 437 cm³/mol. The number of phosphoric acid groups is 2. The number of hydrogen-bond donors (Lipinski definition) is 3. The van der Waals surface area contributed by atoms with E-state index in [-0.39, 0.29) is 25.7 Å². The van der Waals surface area contributed by atoms with Crippen molar-refractivity contribution in [3.63, 3.8) is 0 Å². The standard InChI is InChI=1S/C87H170O17P2/c1-8-11-12-13-14-15-16-17-18-26-32-37-42-47-56-63-71-87(92)104-83(75-98-85(90)69-62-55-50-49-53-60-67-80(7)10-3)77-102-106(95,96)100-73-81(88)72-99-105(93,94)101-76-82(74-97-84(89)68-61-54-46-41-36-31-28-23-24-29-34-39-44-51-58-65-78(4)5)103-86(91)70-64-57-48-43-38-33-27-22-20-19-21-25-30-35-40-45-52-59-66-79(6)9-2/h78-83,88H,8-77H2,1-7H3,(H,93,94)(H,95,96)/t79?,80?,81-,82-,83-/m1/s1. The maximum atomic E-state index is 13.2. The molecule has 0 aromatic carbocycles. The molecule has 0 aromatic rings. The molecule has 0 fully saturated rings. The van der Waals surface area contributed by atoms with Crippen molar-refractivity contribution in [2.45, 2.75) is 478 Å². The summed E-state index contributed by atoms with van der Waals surface area (Å²) in [7, 11) is -9.93. The van der Waals surface area contributed by atoms with Crippen LogP contribution >= 0.6 is 15.6 Å². The van der Waals surface area contributed by atoms with Crippen molar-refractivity contribution in [1.29, 1.82) is 0 Å². The number of unbranched alkanes of at least 4 members (excludes halogenated alkanes) is 51. The number of phosphoric ester groups is 2. The van der Waals surface area contributed by atoms with Gasteiger partial charge in [-0.25, -0.2) is 9.13 Å². The molecule has 630 valence electrons. The number of aliphatic hydroxyl groups is 1. The zero-order valence-electron chi connectivity index (χ0n) is 69.9. The summed E-state index contributed by atoms with van der Waals surface area (Å²) < 4.78 is 68.9. The lowest BCUT2D eigenvalue weighted by atomic mass is 9.99. The Hall–Kier alpha value is -1.94. The fraction of sp³-hybridized carbons (Fsp3) is 0.954. The topological polar surface area (TPSA) is 237 Å². The van der Waals surface area contributed by atoms with Crippen molar-refractivity contribution in [2.75, 3.05) is 39.6 Å². The molecule has 3 N–H and O–H groups in total. The van der Waals surface area contributed by atoms with E-state index < -0.39 is 97.5 Å². The molecule has 0 amide bonds. The van der Waals surface area contributed by atoms with Crippen molar-refractivity contribution in [2.24, 2.45) is 17.8 Å². The van der Waals surface area contributed by atoms with Crippen LogP contribution < -0.4 is 0 Å². The first-order valence-corrected chi connectivity index (χ1v) is 47.9. The lowest BCUT2D eigenvalue weighted by Gasteiger charge is -2.21. The number of rotatable bonds is 85. The Balaban J connectivity index is 5.23. The minimum absolute atomic E-state index is 0.107. The van der Waals surface area contributed by atoms with Gasteiger partial charge in [0.25, 0.3) is 0 Å². The highest BCUT2D eigenvalue weighted by Gasteiger charge is 2.31. The van der Waals surface area contributed by atoms with Crippen LogP contribution in [0.2, 0.25) is 0 Å². The van der Waals surface area contributed by atoms with Crippen LogP contribution in [-0.2, 0) is 65.4 Å². The molecule has 0 saturated heterocycles. The maximum Gasteiger partial charge on any atom is 0.472 e. The molecule has 4 unspecified atom stereocenters. The number of carbonyl (C=O) groups excluding carboxylic acids is 4. The van der Waals surface area contributed by atoms with Gasteiger partial charge in [-0.2, -0.15) is 0 Å². The summed E-state index contributed by atoms with van der Waals surface area (Å²) in [6, 6.07) is 0. The molecule has 0 aliphatic heterocycles. The molecule has 0 bridgehead atoms. The summed E-state index contributed by atoms with van der Waals surface area (Å²) in [4.78, 5) is 73.2. The molecule has 0 rings (SSSR count). The molecular formula is C87H170O17P2. The molecule has 0 aliphatic carbocycles. The Bertz CT molecular complexity index is 2050. The lowest BCUT2D eigenvalue weighted by Crippen LogP contribution is -2.30. The molecular weight excluding hydrogens is 1380 g/mol. The average Bonchev–Trinajstić information content (AvgIpc) is 0.911. The number of carbonyl (C=O) groups is 4. The molecule has 0 spiro atoms. The van der Waals surface area contributed by atoms with Crippen LogP contribution in [0.3, 0.4) is 0 Å². The van der Waals surface area contributed by atoms with Gasteiger partial charge < -0.3 is 33.8 Å². The van der Waals surface area contributed by atoms with Crippen LogP contribution in [0.1, 0.15) is 459 Å². The fourth-order valence-electron chi connectivity index (χ4n) is 13.5. The second kappa shape index (κ2) is 77.0. The smallest absolute Gasteiger partial charge is 0.462 e. The number of esters is 4. The Labute approximate surface area is 651 Å². The quantitative estimate of drug-likeness (QED) is 0.0222. The highest BCUT2D eigenvalue weighted by atomic mass is 31.2. The normalized spacial score (nSPS) is 14.4. The zero-order chi connectivity index (χ0) is 77.9. The van der Waals surface area contributed by atoms with Gasteiger partial charge in [-0.3, -0.25) is 37.3 Å². The van der Waals surface area contributed by atoms with Crippen molar-refractivity contribution >= 4 is 39.5 Å². The summed E-state index contributed by atoms with van der Waals surface area (Å²) in [6.07, 6.45) is 68.0. The summed E-state index contributed by atoms with van der Waals surface area (Å²) in [5.74, 6) is 0.304. The summed E-state index contributed by atoms with van der Waals surface area (Å²) in [6.45, 7) is 12.0. The van der Waals surface area contributed by atoms with Gasteiger partial charge >= 0.3 is 39.5 Å². The van der Waals surface area contributed by atoms with Crippen LogP contribution in [0.25, 0.3) is 0 Å². The van der Waals surface area contributed by atoms with Crippen LogP contribution in [0, 0.1) is 17.8 Å². The number of hydrogen-bond acceptors (Lipinski definition) is 15. The van der Waals surface area contributed by atoms with Crippen LogP contribution in [0.5, 0.6) is 0 Å². The van der Waals surface area contributed by atoms with Gasteiger partial charge in [0.15, 0.2) is 12.2 Å². The van der Waals surface area contributed by atoms with E-state index in [1.807, 2.05) is 0 Å². The Morgan fingerprint density at radius 2 is 0.481 bits per heavy atom. The second-order valence-electron chi connectivity index (χ2n) is 32.2. The molecule has 106 heavy (non-hydrogen) atoms. The minimum Gasteiger partial charge on any atom is -0.462 e. The molecule has 0 radical (unpaired) electrons. The average molecular weight is 1550 g/mol. The third-order valence-corrected chi connectivity index (χ3v) is 23.0. The fourth-order valence-corrected chi connectivity index (χ4v) is 15.1. The highest BCUT2D eigenvalue weighted by Crippen LogP contribution is 2.45. The van der Waals surface area contributed by atoms with Gasteiger partial charge in [-0.05, 0) is 43.4 Å². The monoisotopic (exact) mass is 1550 g/mol. The second-order valence-corrected chi connectivity index (χ2v) is 35.1. The van der Waals surface area contributed by atoms with Crippen molar-refractivity contribution in [1.82, 2.24) is 0 Å². The predicted octanol–water partition coefficient (Wildman–Crippen LogP) is 26.5. The van der Waals surface area contributed by atoms with Gasteiger partial charge in [0, 0.05) is 25.7 Å². The molecule has 7 atom stereocenters. The first-order valence-electron chi connectivity index (χ1n) is 44.9. The van der Waals surface area contributed by atoms with Crippen LogP contribution in [-0.4, -0.2) is 96.7 Å². The Morgan fingerprint density at radius 3 is 0.717 bits per heavy atom. The van der Waals surface area contributed by atoms with Gasteiger partial charge in [0.2, 0.25) is 0 Å². The van der Waals surface area contributed by atoms with Gasteiger partial charge in [-0.15, -0.1) is 0 Å². The molecule has 17 nitrogen and oxygen atoms in total. The SMILES string of the molecule is CCCCCCCCCCCCCCCCCCC(=O)O[C@H](COC(=O)CCCCCCCCC(C)CC)COP(=O)(O)OC[C@H](O)COP(=O)(O)OC[C@@H](COC(=O)CCCCCCCCCCCCCCCCCC(C)C)OC(=O)CCCCCCCCCCCCCCCCCCCCC(C)CC. The first-order chi connectivity index (χ1) is 51.3. The first kappa shape index (κ1) is 104.